The van der Waals surface area contributed by atoms with E-state index in [4.69, 9.17) is 10.5 Å². The number of ether oxygens (including phenoxy) is 1. The SMILES string of the molecule is CC.CC#CCC.COc1cc(C(F)(F)F)cc(C2CC2)c1C1c2ccncc2C(N)=CCN1C. The molecule has 190 valence electrons. The molecule has 4 rings (SSSR count). The summed E-state index contributed by atoms with van der Waals surface area (Å²) in [7, 11) is 3.37. The molecule has 1 aromatic carbocycles. The number of nitrogens with zero attached hydrogens (tertiary/aromatic N) is 2. The number of halogens is 3. The maximum atomic E-state index is 13.5. The molecule has 0 radical (unpaired) electrons. The van der Waals surface area contributed by atoms with Gasteiger partial charge in [0.25, 0.3) is 0 Å². The quantitative estimate of drug-likeness (QED) is 0.486. The Balaban J connectivity index is 0.000000551. The third-order valence-corrected chi connectivity index (χ3v) is 5.87. The molecule has 0 amide bonds. The molecule has 1 aliphatic heterocycles. The zero-order valence-electron chi connectivity index (χ0n) is 21.5. The Morgan fingerprint density at radius 1 is 1.20 bits per heavy atom. The maximum absolute atomic E-state index is 13.5. The van der Waals surface area contributed by atoms with Crippen LogP contribution in [0.5, 0.6) is 5.75 Å². The summed E-state index contributed by atoms with van der Waals surface area (Å²) in [4.78, 5) is 6.26. The van der Waals surface area contributed by atoms with Crippen molar-refractivity contribution in [1.82, 2.24) is 9.88 Å². The second kappa shape index (κ2) is 12.6. The van der Waals surface area contributed by atoms with Crippen molar-refractivity contribution in [3.63, 3.8) is 0 Å². The predicted molar refractivity (Wildman–Crippen MR) is 136 cm³/mol. The minimum Gasteiger partial charge on any atom is -0.496 e. The Kier molecular flexibility index (Phi) is 10.2. The highest BCUT2D eigenvalue weighted by Crippen LogP contribution is 2.50. The number of pyridine rings is 1. The summed E-state index contributed by atoms with van der Waals surface area (Å²) in [5.41, 5.74) is 9.41. The molecular weight excluding hydrogens is 451 g/mol. The van der Waals surface area contributed by atoms with Gasteiger partial charge in [0.15, 0.2) is 0 Å². The smallest absolute Gasteiger partial charge is 0.416 e. The third-order valence-electron chi connectivity index (χ3n) is 5.87. The summed E-state index contributed by atoms with van der Waals surface area (Å²) in [5.74, 6) is 6.01. The van der Waals surface area contributed by atoms with Crippen molar-refractivity contribution >= 4 is 5.70 Å². The van der Waals surface area contributed by atoms with Gasteiger partial charge < -0.3 is 10.5 Å². The standard InChI is InChI=1S/C21H22F3N3O.C5H8.C2H6/c1-27-8-6-17(25)16-11-26-7-5-14(16)20(27)19-15(12-3-4-12)9-13(21(22,23)24)10-18(19)28-2;1-3-5-4-2;1-2/h5-7,9-12,20H,3-4,8,25H2,1-2H3;3H2,1-2H3;1-2H3. The van der Waals surface area contributed by atoms with Crippen molar-refractivity contribution in [2.24, 2.45) is 5.73 Å². The second-order valence-electron chi connectivity index (χ2n) is 8.20. The Hall–Kier alpha value is -2.98. The van der Waals surface area contributed by atoms with Gasteiger partial charge in [-0.15, -0.1) is 11.8 Å². The van der Waals surface area contributed by atoms with Crippen LogP contribution in [0.1, 0.15) is 86.7 Å². The van der Waals surface area contributed by atoms with E-state index in [0.29, 0.717) is 17.8 Å². The molecule has 1 fully saturated rings. The molecule has 2 aromatic rings. The first-order chi connectivity index (χ1) is 16.7. The van der Waals surface area contributed by atoms with Crippen LogP contribution in [0.4, 0.5) is 13.2 Å². The summed E-state index contributed by atoms with van der Waals surface area (Å²) < 4.78 is 45.9. The van der Waals surface area contributed by atoms with Gasteiger partial charge in [-0.05, 0) is 68.1 Å². The van der Waals surface area contributed by atoms with Gasteiger partial charge >= 0.3 is 6.18 Å². The van der Waals surface area contributed by atoms with Crippen molar-refractivity contribution in [2.75, 3.05) is 20.7 Å². The zero-order valence-corrected chi connectivity index (χ0v) is 21.5. The summed E-state index contributed by atoms with van der Waals surface area (Å²) in [6, 6.07) is 4.02. The first kappa shape index (κ1) is 28.3. The number of hydrogen-bond acceptors (Lipinski definition) is 4. The molecule has 2 aliphatic rings. The molecule has 0 spiro atoms. The number of benzene rings is 1. The van der Waals surface area contributed by atoms with Crippen LogP contribution in [0, 0.1) is 11.8 Å². The molecule has 1 aromatic heterocycles. The number of methoxy groups -OCH3 is 1. The molecule has 1 aliphatic carbocycles. The minimum atomic E-state index is -4.42. The first-order valence-electron chi connectivity index (χ1n) is 12.0. The van der Waals surface area contributed by atoms with E-state index in [-0.39, 0.29) is 17.7 Å². The Morgan fingerprint density at radius 2 is 1.89 bits per heavy atom. The molecule has 0 bridgehead atoms. The number of rotatable bonds is 3. The molecule has 2 N–H and O–H groups in total. The van der Waals surface area contributed by atoms with Crippen molar-refractivity contribution in [2.45, 2.75) is 65.1 Å². The lowest BCUT2D eigenvalue weighted by Gasteiger charge is -2.31. The highest BCUT2D eigenvalue weighted by molar-refractivity contribution is 5.68. The van der Waals surface area contributed by atoms with Crippen LogP contribution in [-0.4, -0.2) is 30.6 Å². The van der Waals surface area contributed by atoms with E-state index in [2.05, 4.69) is 21.7 Å². The first-order valence-corrected chi connectivity index (χ1v) is 12.0. The number of likely N-dealkylation sites (N-methyl/N-ethyl adjacent to an activating group) is 1. The molecule has 0 saturated heterocycles. The number of nitrogens with two attached hydrogens (primary N) is 1. The molecule has 7 heteroatoms. The monoisotopic (exact) mass is 487 g/mol. The van der Waals surface area contributed by atoms with E-state index >= 15 is 0 Å². The molecule has 2 heterocycles. The minimum absolute atomic E-state index is 0.124. The van der Waals surface area contributed by atoms with Crippen LogP contribution in [0.25, 0.3) is 5.70 Å². The lowest BCUT2D eigenvalue weighted by molar-refractivity contribution is -0.137. The van der Waals surface area contributed by atoms with Crippen LogP contribution in [0.2, 0.25) is 0 Å². The topological polar surface area (TPSA) is 51.4 Å². The fraction of sp³-hybridized carbons (Fsp3) is 0.464. The van der Waals surface area contributed by atoms with Crippen molar-refractivity contribution in [3.8, 4) is 17.6 Å². The van der Waals surface area contributed by atoms with E-state index in [1.165, 1.54) is 13.2 Å². The second-order valence-corrected chi connectivity index (χ2v) is 8.20. The molecule has 1 atom stereocenters. The van der Waals surface area contributed by atoms with Gasteiger partial charge in [0.1, 0.15) is 5.75 Å². The highest BCUT2D eigenvalue weighted by Gasteiger charge is 2.39. The highest BCUT2D eigenvalue weighted by atomic mass is 19.4. The summed E-state index contributed by atoms with van der Waals surface area (Å²) in [6.45, 7) is 8.46. The van der Waals surface area contributed by atoms with Crippen LogP contribution >= 0.6 is 0 Å². The summed E-state index contributed by atoms with van der Waals surface area (Å²) in [5, 5.41) is 0. The number of fused-ring (bicyclic) bond motifs is 1. The van der Waals surface area contributed by atoms with Crippen LogP contribution < -0.4 is 10.5 Å². The zero-order chi connectivity index (χ0) is 26.2. The lowest BCUT2D eigenvalue weighted by Crippen LogP contribution is -2.27. The van der Waals surface area contributed by atoms with Gasteiger partial charge in [0.2, 0.25) is 0 Å². The van der Waals surface area contributed by atoms with Gasteiger partial charge in [-0.1, -0.05) is 20.8 Å². The summed E-state index contributed by atoms with van der Waals surface area (Å²) >= 11 is 0. The molecule has 4 nitrogen and oxygen atoms in total. The number of aromatic nitrogens is 1. The average Bonchev–Trinajstić information content (AvgIpc) is 3.70. The predicted octanol–water partition coefficient (Wildman–Crippen LogP) is 6.77. The van der Waals surface area contributed by atoms with Crippen molar-refractivity contribution in [3.05, 3.63) is 64.5 Å². The maximum Gasteiger partial charge on any atom is 0.416 e. The average molecular weight is 488 g/mol. The van der Waals surface area contributed by atoms with E-state index in [1.807, 2.05) is 46.9 Å². The molecule has 35 heavy (non-hydrogen) atoms. The van der Waals surface area contributed by atoms with Crippen molar-refractivity contribution in [1.29, 1.82) is 0 Å². The fourth-order valence-corrected chi connectivity index (χ4v) is 4.14. The van der Waals surface area contributed by atoms with Gasteiger partial charge in [0, 0.05) is 42.2 Å². The lowest BCUT2D eigenvalue weighted by atomic mass is 9.87. The van der Waals surface area contributed by atoms with E-state index in [9.17, 15) is 13.2 Å². The van der Waals surface area contributed by atoms with E-state index in [0.717, 1.165) is 42.0 Å². The largest absolute Gasteiger partial charge is 0.496 e. The summed E-state index contributed by atoms with van der Waals surface area (Å²) in [6.07, 6.45) is 3.64. The molecule has 1 saturated carbocycles. The molecular formula is C28H36F3N3O. The Labute approximate surface area is 207 Å². The van der Waals surface area contributed by atoms with Gasteiger partial charge in [0.05, 0.1) is 18.7 Å². The van der Waals surface area contributed by atoms with Gasteiger partial charge in [-0.25, -0.2) is 0 Å². The normalized spacial score (nSPS) is 17.2. The molecule has 1 unspecified atom stereocenters. The van der Waals surface area contributed by atoms with Gasteiger partial charge in [-0.2, -0.15) is 13.2 Å². The van der Waals surface area contributed by atoms with Crippen LogP contribution in [0.15, 0.2) is 36.7 Å². The van der Waals surface area contributed by atoms with E-state index in [1.54, 1.807) is 12.4 Å². The third kappa shape index (κ3) is 6.79. The van der Waals surface area contributed by atoms with Crippen LogP contribution in [0.3, 0.4) is 0 Å². The number of alkyl halides is 3. The van der Waals surface area contributed by atoms with Gasteiger partial charge in [-0.3, -0.25) is 9.88 Å². The van der Waals surface area contributed by atoms with Crippen LogP contribution in [-0.2, 0) is 6.18 Å². The van der Waals surface area contributed by atoms with Crippen molar-refractivity contribution < 1.29 is 17.9 Å². The Bertz CT molecular complexity index is 1080. The Morgan fingerprint density at radius 3 is 2.40 bits per heavy atom. The van der Waals surface area contributed by atoms with E-state index < -0.39 is 11.7 Å². The number of hydrogen-bond donors (Lipinski definition) is 1. The fourth-order valence-electron chi connectivity index (χ4n) is 4.14.